The molecule has 0 aliphatic carbocycles. The zero-order valence-corrected chi connectivity index (χ0v) is 16.2. The van der Waals surface area contributed by atoms with Crippen molar-refractivity contribution in [3.63, 3.8) is 0 Å². The minimum atomic E-state index is -0.212. The molecule has 0 atom stereocenters. The van der Waals surface area contributed by atoms with Gasteiger partial charge in [0, 0.05) is 12.6 Å². The van der Waals surface area contributed by atoms with Crippen molar-refractivity contribution in [2.45, 2.75) is 19.8 Å². The first-order valence-electron chi connectivity index (χ1n) is 9.41. The molecule has 0 fully saturated rings. The van der Waals surface area contributed by atoms with Crippen molar-refractivity contribution >= 4 is 5.91 Å². The molecular weight excluding hydrogens is 354 g/mol. The number of nitrogens with one attached hydrogen (secondary N) is 1. The van der Waals surface area contributed by atoms with Gasteiger partial charge in [0.2, 0.25) is 5.88 Å². The molecule has 0 radical (unpaired) electrons. The molecule has 0 bridgehead atoms. The molecule has 0 saturated carbocycles. The van der Waals surface area contributed by atoms with Gasteiger partial charge in [-0.15, -0.1) is 0 Å². The molecule has 1 amide bonds. The Hall–Kier alpha value is -3.28. The number of amides is 1. The average Bonchev–Trinajstić information content (AvgIpc) is 3.16. The molecule has 6 heteroatoms. The molecule has 0 aliphatic heterocycles. The Kier molecular flexibility index (Phi) is 6.68. The number of benzene rings is 2. The van der Waals surface area contributed by atoms with Gasteiger partial charge in [-0.2, -0.15) is 5.10 Å². The maximum absolute atomic E-state index is 12.5. The minimum absolute atomic E-state index is 0.212. The number of aromatic nitrogens is 2. The number of carbonyl (C=O) groups is 1. The number of nitrogens with zero attached hydrogens (tertiary/aromatic N) is 2. The van der Waals surface area contributed by atoms with Crippen LogP contribution in [0.4, 0.5) is 0 Å². The topological polar surface area (TPSA) is 65.4 Å². The Labute approximate surface area is 165 Å². The highest BCUT2D eigenvalue weighted by Crippen LogP contribution is 2.20. The normalized spacial score (nSPS) is 10.5. The molecule has 1 N–H and O–H groups in total. The van der Waals surface area contributed by atoms with E-state index in [0.717, 1.165) is 29.8 Å². The van der Waals surface area contributed by atoms with Crippen LogP contribution in [0.2, 0.25) is 0 Å². The summed E-state index contributed by atoms with van der Waals surface area (Å²) in [6, 6.07) is 19.2. The van der Waals surface area contributed by atoms with E-state index >= 15 is 0 Å². The van der Waals surface area contributed by atoms with E-state index in [1.54, 1.807) is 17.9 Å². The van der Waals surface area contributed by atoms with Crippen molar-refractivity contribution < 1.29 is 14.3 Å². The zero-order chi connectivity index (χ0) is 19.8. The highest BCUT2D eigenvalue weighted by molar-refractivity contribution is 5.92. The molecular formula is C22H25N3O3. The largest absolute Gasteiger partial charge is 0.496 e. The summed E-state index contributed by atoms with van der Waals surface area (Å²) >= 11 is 0. The molecule has 3 aromatic rings. The molecule has 0 spiro atoms. The summed E-state index contributed by atoms with van der Waals surface area (Å²) in [5.41, 5.74) is 2.32. The van der Waals surface area contributed by atoms with Gasteiger partial charge < -0.3 is 14.8 Å². The Morgan fingerprint density at radius 1 is 1.11 bits per heavy atom. The third-order valence-corrected chi connectivity index (χ3v) is 4.30. The van der Waals surface area contributed by atoms with E-state index in [1.165, 1.54) is 0 Å². The lowest BCUT2D eigenvalue weighted by molar-refractivity contribution is 0.0948. The number of methoxy groups -OCH3 is 1. The fraction of sp³-hybridized carbons (Fsp3) is 0.273. The molecule has 1 heterocycles. The maximum Gasteiger partial charge on any atom is 0.271 e. The Bertz CT molecular complexity index is 906. The molecule has 1 aromatic heterocycles. The predicted molar refractivity (Wildman–Crippen MR) is 108 cm³/mol. The van der Waals surface area contributed by atoms with Crippen molar-refractivity contribution in [1.82, 2.24) is 15.1 Å². The number of aryl methyl sites for hydroxylation is 1. The predicted octanol–water partition coefficient (Wildman–Crippen LogP) is 3.64. The summed E-state index contributed by atoms with van der Waals surface area (Å²) in [5.74, 6) is 1.21. The number of para-hydroxylation sites is 2. The fourth-order valence-corrected chi connectivity index (χ4v) is 2.96. The van der Waals surface area contributed by atoms with Gasteiger partial charge >= 0.3 is 0 Å². The first-order valence-corrected chi connectivity index (χ1v) is 9.41. The first kappa shape index (κ1) is 19.5. The van der Waals surface area contributed by atoms with Crippen LogP contribution in [0.5, 0.6) is 11.6 Å². The van der Waals surface area contributed by atoms with E-state index < -0.39 is 0 Å². The summed E-state index contributed by atoms with van der Waals surface area (Å²) in [7, 11) is 1.67. The van der Waals surface area contributed by atoms with Gasteiger partial charge in [-0.3, -0.25) is 4.79 Å². The van der Waals surface area contributed by atoms with E-state index in [0.29, 0.717) is 24.7 Å². The van der Waals surface area contributed by atoms with Gasteiger partial charge in [-0.1, -0.05) is 36.4 Å². The molecule has 0 unspecified atom stereocenters. The number of hydrogen-bond donors (Lipinski definition) is 1. The van der Waals surface area contributed by atoms with Crippen LogP contribution in [-0.4, -0.2) is 35.9 Å². The summed E-state index contributed by atoms with van der Waals surface area (Å²) < 4.78 is 12.6. The van der Waals surface area contributed by atoms with E-state index in [-0.39, 0.29) is 5.91 Å². The first-order chi connectivity index (χ1) is 13.7. The smallest absolute Gasteiger partial charge is 0.271 e. The number of rotatable bonds is 9. The third-order valence-electron chi connectivity index (χ3n) is 4.30. The summed E-state index contributed by atoms with van der Waals surface area (Å²) in [5, 5.41) is 7.35. The second-order valence-corrected chi connectivity index (χ2v) is 6.22. The number of carbonyl (C=O) groups excluding carboxylic acids is 1. The quantitative estimate of drug-likeness (QED) is 0.577. The van der Waals surface area contributed by atoms with Gasteiger partial charge in [0.25, 0.3) is 5.91 Å². The molecule has 0 saturated heterocycles. The number of hydrogen-bond acceptors (Lipinski definition) is 4. The monoisotopic (exact) mass is 379 g/mol. The molecule has 6 nitrogen and oxygen atoms in total. The van der Waals surface area contributed by atoms with Gasteiger partial charge in [0.15, 0.2) is 5.69 Å². The molecule has 0 aliphatic rings. The van der Waals surface area contributed by atoms with Crippen LogP contribution in [0.25, 0.3) is 5.69 Å². The van der Waals surface area contributed by atoms with E-state index in [2.05, 4.69) is 10.4 Å². The lowest BCUT2D eigenvalue weighted by atomic mass is 10.1. The second-order valence-electron chi connectivity index (χ2n) is 6.22. The lowest BCUT2D eigenvalue weighted by Gasteiger charge is -2.08. The van der Waals surface area contributed by atoms with E-state index in [4.69, 9.17) is 9.47 Å². The standard InChI is InChI=1S/C22H25N3O3/c1-3-28-21-16-19(24-25(21)18-12-5-4-6-13-18)22(26)23-15-9-11-17-10-7-8-14-20(17)27-2/h4-8,10,12-14,16H,3,9,11,15H2,1-2H3,(H,23,26). The second kappa shape index (κ2) is 9.60. The molecule has 2 aromatic carbocycles. The van der Waals surface area contributed by atoms with Gasteiger partial charge in [0.1, 0.15) is 5.75 Å². The third kappa shape index (κ3) is 4.71. The van der Waals surface area contributed by atoms with Crippen LogP contribution in [0.3, 0.4) is 0 Å². The van der Waals surface area contributed by atoms with Crippen molar-refractivity contribution in [3.8, 4) is 17.3 Å². The van der Waals surface area contributed by atoms with Crippen molar-refractivity contribution in [1.29, 1.82) is 0 Å². The van der Waals surface area contributed by atoms with Crippen LogP contribution < -0.4 is 14.8 Å². The Morgan fingerprint density at radius 2 is 1.86 bits per heavy atom. The summed E-state index contributed by atoms with van der Waals surface area (Å²) in [6.45, 7) is 2.96. The highest BCUT2D eigenvalue weighted by atomic mass is 16.5. The highest BCUT2D eigenvalue weighted by Gasteiger charge is 2.16. The maximum atomic E-state index is 12.5. The minimum Gasteiger partial charge on any atom is -0.496 e. The van der Waals surface area contributed by atoms with Crippen LogP contribution in [0, 0.1) is 0 Å². The Morgan fingerprint density at radius 3 is 2.61 bits per heavy atom. The van der Waals surface area contributed by atoms with Crippen molar-refractivity contribution in [2.24, 2.45) is 0 Å². The Balaban J connectivity index is 1.61. The zero-order valence-electron chi connectivity index (χ0n) is 16.2. The van der Waals surface area contributed by atoms with Crippen molar-refractivity contribution in [2.75, 3.05) is 20.3 Å². The van der Waals surface area contributed by atoms with Gasteiger partial charge in [-0.05, 0) is 43.5 Å². The molecule has 28 heavy (non-hydrogen) atoms. The van der Waals surface area contributed by atoms with E-state index in [9.17, 15) is 4.79 Å². The van der Waals surface area contributed by atoms with Crippen LogP contribution in [0.15, 0.2) is 60.7 Å². The van der Waals surface area contributed by atoms with Crippen LogP contribution in [0.1, 0.15) is 29.4 Å². The average molecular weight is 379 g/mol. The fourth-order valence-electron chi connectivity index (χ4n) is 2.96. The SMILES string of the molecule is CCOc1cc(C(=O)NCCCc2ccccc2OC)nn1-c1ccccc1. The molecule has 146 valence electrons. The van der Waals surface area contributed by atoms with Crippen LogP contribution >= 0.6 is 0 Å². The lowest BCUT2D eigenvalue weighted by Crippen LogP contribution is -2.25. The van der Waals surface area contributed by atoms with Crippen molar-refractivity contribution in [3.05, 3.63) is 71.9 Å². The molecule has 3 rings (SSSR count). The summed E-state index contributed by atoms with van der Waals surface area (Å²) in [6.07, 6.45) is 1.64. The van der Waals surface area contributed by atoms with E-state index in [1.807, 2.05) is 61.5 Å². The van der Waals surface area contributed by atoms with Crippen LogP contribution in [-0.2, 0) is 6.42 Å². The van der Waals surface area contributed by atoms with Gasteiger partial charge in [0.05, 0.1) is 19.4 Å². The number of ether oxygens (including phenoxy) is 2. The van der Waals surface area contributed by atoms with Gasteiger partial charge in [-0.25, -0.2) is 4.68 Å². The summed E-state index contributed by atoms with van der Waals surface area (Å²) in [4.78, 5) is 12.5.